The standard InChI is InChI=1S/C20H15N3O7S/c1-2-30-20(25)16-11-17(12-6-4-3-5-7-12)31-19(16)21-18(24)13-8-14(22(26)27)10-15(9-13)23(28)29/h3-11H,2H2,1H3,(H,21,24). The number of thiophene rings is 1. The molecule has 0 aliphatic carbocycles. The van der Waals surface area contributed by atoms with Gasteiger partial charge in [0, 0.05) is 17.0 Å². The fourth-order valence-electron chi connectivity index (χ4n) is 2.70. The van der Waals surface area contributed by atoms with Gasteiger partial charge in [-0.05, 0) is 18.6 Å². The third-order valence-electron chi connectivity index (χ3n) is 4.10. The summed E-state index contributed by atoms with van der Waals surface area (Å²) in [4.78, 5) is 46.3. The van der Waals surface area contributed by atoms with Crippen molar-refractivity contribution < 1.29 is 24.2 Å². The third kappa shape index (κ3) is 4.90. The van der Waals surface area contributed by atoms with Crippen molar-refractivity contribution in [3.63, 3.8) is 0 Å². The quantitative estimate of drug-likeness (QED) is 0.319. The van der Waals surface area contributed by atoms with Crippen molar-refractivity contribution in [3.8, 4) is 10.4 Å². The number of benzene rings is 2. The van der Waals surface area contributed by atoms with E-state index >= 15 is 0 Å². The van der Waals surface area contributed by atoms with E-state index in [-0.39, 0.29) is 22.7 Å². The van der Waals surface area contributed by atoms with E-state index in [1.165, 1.54) is 0 Å². The van der Waals surface area contributed by atoms with E-state index in [1.54, 1.807) is 13.0 Å². The van der Waals surface area contributed by atoms with Gasteiger partial charge in [-0.25, -0.2) is 4.79 Å². The van der Waals surface area contributed by atoms with Crippen molar-refractivity contribution >= 4 is 39.6 Å². The molecule has 0 saturated carbocycles. The second-order valence-electron chi connectivity index (χ2n) is 6.15. The van der Waals surface area contributed by atoms with E-state index in [0.717, 1.165) is 35.1 Å². The van der Waals surface area contributed by atoms with Crippen molar-refractivity contribution in [1.29, 1.82) is 0 Å². The lowest BCUT2D eigenvalue weighted by atomic mass is 10.1. The molecule has 0 radical (unpaired) electrons. The van der Waals surface area contributed by atoms with Gasteiger partial charge in [0.2, 0.25) is 0 Å². The molecule has 0 fully saturated rings. The van der Waals surface area contributed by atoms with Crippen LogP contribution in [-0.4, -0.2) is 28.3 Å². The smallest absolute Gasteiger partial charge is 0.341 e. The van der Waals surface area contributed by atoms with Crippen molar-refractivity contribution in [2.24, 2.45) is 0 Å². The summed E-state index contributed by atoms with van der Waals surface area (Å²) in [6.07, 6.45) is 0. The second-order valence-corrected chi connectivity index (χ2v) is 7.20. The molecule has 158 valence electrons. The Morgan fingerprint density at radius 1 is 1.00 bits per heavy atom. The van der Waals surface area contributed by atoms with Gasteiger partial charge in [-0.1, -0.05) is 30.3 Å². The number of nitrogens with zero attached hydrogens (tertiary/aromatic N) is 2. The van der Waals surface area contributed by atoms with E-state index in [4.69, 9.17) is 4.74 Å². The van der Waals surface area contributed by atoms with E-state index < -0.39 is 33.1 Å². The summed E-state index contributed by atoms with van der Waals surface area (Å²) in [5, 5.41) is 24.8. The van der Waals surface area contributed by atoms with Gasteiger partial charge in [-0.2, -0.15) is 0 Å². The van der Waals surface area contributed by atoms with E-state index in [1.807, 2.05) is 30.3 Å². The summed E-state index contributed by atoms with van der Waals surface area (Å²) in [6.45, 7) is 1.77. The molecule has 3 rings (SSSR count). The van der Waals surface area contributed by atoms with Crippen LogP contribution in [0.3, 0.4) is 0 Å². The Bertz CT molecular complexity index is 1140. The lowest BCUT2D eigenvalue weighted by Crippen LogP contribution is -2.14. The molecule has 0 saturated heterocycles. The number of amides is 1. The Labute approximate surface area is 179 Å². The Hall–Kier alpha value is -4.12. The molecule has 11 heteroatoms. The molecule has 2 aromatic carbocycles. The van der Waals surface area contributed by atoms with Gasteiger partial charge in [0.05, 0.1) is 33.6 Å². The average molecular weight is 441 g/mol. The number of hydrogen-bond donors (Lipinski definition) is 1. The molecular formula is C20H15N3O7S. The number of nitro benzene ring substituents is 2. The molecule has 1 amide bonds. The first-order valence-corrected chi connectivity index (χ1v) is 9.73. The first-order valence-electron chi connectivity index (χ1n) is 8.91. The Morgan fingerprint density at radius 3 is 2.16 bits per heavy atom. The van der Waals surface area contributed by atoms with Crippen molar-refractivity contribution in [1.82, 2.24) is 0 Å². The topological polar surface area (TPSA) is 142 Å². The van der Waals surface area contributed by atoms with Gasteiger partial charge in [0.15, 0.2) is 0 Å². The SMILES string of the molecule is CCOC(=O)c1cc(-c2ccccc2)sc1NC(=O)c1cc([N+](=O)[O-])cc([N+](=O)[O-])c1. The maximum Gasteiger partial charge on any atom is 0.341 e. The summed E-state index contributed by atoms with van der Waals surface area (Å²) in [7, 11) is 0. The number of nitrogens with one attached hydrogen (secondary N) is 1. The van der Waals surface area contributed by atoms with Gasteiger partial charge in [0.25, 0.3) is 17.3 Å². The predicted octanol–water partition coefficient (Wildman–Crippen LogP) is 4.66. The lowest BCUT2D eigenvalue weighted by molar-refractivity contribution is -0.394. The highest BCUT2D eigenvalue weighted by Crippen LogP contribution is 2.36. The molecule has 0 aliphatic rings. The Balaban J connectivity index is 2.00. The average Bonchev–Trinajstić information content (AvgIpc) is 3.18. The van der Waals surface area contributed by atoms with Crippen LogP contribution >= 0.6 is 11.3 Å². The molecule has 0 unspecified atom stereocenters. The third-order valence-corrected chi connectivity index (χ3v) is 5.20. The number of anilines is 1. The molecule has 10 nitrogen and oxygen atoms in total. The minimum Gasteiger partial charge on any atom is -0.462 e. The number of hydrogen-bond acceptors (Lipinski definition) is 8. The molecule has 0 aliphatic heterocycles. The van der Waals surface area contributed by atoms with Crippen LogP contribution in [0, 0.1) is 20.2 Å². The highest BCUT2D eigenvalue weighted by molar-refractivity contribution is 7.20. The highest BCUT2D eigenvalue weighted by Gasteiger charge is 2.23. The van der Waals surface area contributed by atoms with Crippen LogP contribution in [0.5, 0.6) is 0 Å². The molecule has 1 aromatic heterocycles. The molecule has 1 N–H and O–H groups in total. The van der Waals surface area contributed by atoms with Gasteiger partial charge in [-0.15, -0.1) is 11.3 Å². The van der Waals surface area contributed by atoms with E-state index in [9.17, 15) is 29.8 Å². The zero-order valence-electron chi connectivity index (χ0n) is 16.1. The number of rotatable bonds is 7. The lowest BCUT2D eigenvalue weighted by Gasteiger charge is -2.06. The van der Waals surface area contributed by atoms with Crippen LogP contribution in [0.1, 0.15) is 27.6 Å². The molecular weight excluding hydrogens is 426 g/mol. The largest absolute Gasteiger partial charge is 0.462 e. The fourth-order valence-corrected chi connectivity index (χ4v) is 3.75. The fraction of sp³-hybridized carbons (Fsp3) is 0.100. The normalized spacial score (nSPS) is 10.4. The molecule has 31 heavy (non-hydrogen) atoms. The second kappa shape index (κ2) is 9.13. The number of esters is 1. The number of ether oxygens (including phenoxy) is 1. The molecule has 0 bridgehead atoms. The molecule has 3 aromatic rings. The number of nitro groups is 2. The van der Waals surface area contributed by atoms with Crippen molar-refractivity contribution in [2.45, 2.75) is 6.92 Å². The van der Waals surface area contributed by atoms with Crippen LogP contribution in [0.4, 0.5) is 16.4 Å². The predicted molar refractivity (Wildman–Crippen MR) is 113 cm³/mol. The zero-order chi connectivity index (χ0) is 22.5. The molecule has 0 spiro atoms. The molecule has 1 heterocycles. The monoisotopic (exact) mass is 441 g/mol. The van der Waals surface area contributed by atoms with Gasteiger partial charge < -0.3 is 10.1 Å². The van der Waals surface area contributed by atoms with Crippen LogP contribution < -0.4 is 5.32 Å². The number of non-ortho nitro benzene ring substituents is 2. The zero-order valence-corrected chi connectivity index (χ0v) is 16.9. The maximum absolute atomic E-state index is 12.7. The van der Waals surface area contributed by atoms with Gasteiger partial charge in [-0.3, -0.25) is 25.0 Å². The number of carbonyl (C=O) groups excluding carboxylic acids is 2. The summed E-state index contributed by atoms with van der Waals surface area (Å²) in [5.74, 6) is -1.49. The summed E-state index contributed by atoms with van der Waals surface area (Å²) >= 11 is 1.11. The maximum atomic E-state index is 12.7. The summed E-state index contributed by atoms with van der Waals surface area (Å²) in [6, 6.07) is 13.3. The Morgan fingerprint density at radius 2 is 1.61 bits per heavy atom. The minimum atomic E-state index is -0.834. The summed E-state index contributed by atoms with van der Waals surface area (Å²) < 4.78 is 5.04. The van der Waals surface area contributed by atoms with Crippen LogP contribution in [0.15, 0.2) is 54.6 Å². The van der Waals surface area contributed by atoms with Gasteiger partial charge >= 0.3 is 5.97 Å². The minimum absolute atomic E-state index is 0.110. The first kappa shape index (κ1) is 21.6. The van der Waals surface area contributed by atoms with Crippen LogP contribution in [-0.2, 0) is 4.74 Å². The van der Waals surface area contributed by atoms with Crippen molar-refractivity contribution in [3.05, 3.63) is 86.0 Å². The first-order chi connectivity index (χ1) is 14.8. The van der Waals surface area contributed by atoms with Crippen molar-refractivity contribution in [2.75, 3.05) is 11.9 Å². The van der Waals surface area contributed by atoms with E-state index in [0.29, 0.717) is 4.88 Å². The number of carbonyl (C=O) groups is 2. The molecule has 0 atom stereocenters. The summed E-state index contributed by atoms with van der Waals surface area (Å²) in [5.41, 5.74) is -0.559. The van der Waals surface area contributed by atoms with Crippen LogP contribution in [0.25, 0.3) is 10.4 Å². The Kier molecular flexibility index (Phi) is 6.36. The van der Waals surface area contributed by atoms with Crippen LogP contribution in [0.2, 0.25) is 0 Å². The highest BCUT2D eigenvalue weighted by atomic mass is 32.1. The van der Waals surface area contributed by atoms with E-state index in [2.05, 4.69) is 5.32 Å². The van der Waals surface area contributed by atoms with Gasteiger partial charge in [0.1, 0.15) is 5.00 Å².